The Morgan fingerprint density at radius 3 is 2.67 bits per heavy atom. The number of halogens is 1. The summed E-state index contributed by atoms with van der Waals surface area (Å²) in [6, 6.07) is 13.4. The Morgan fingerprint density at radius 1 is 1.26 bits per heavy atom. The second-order valence-electron chi connectivity index (χ2n) is 6.23. The van der Waals surface area contributed by atoms with Crippen molar-refractivity contribution in [3.63, 3.8) is 0 Å². The molecule has 0 unspecified atom stereocenters. The highest BCUT2D eigenvalue weighted by atomic mass is 79.9. The Bertz CT molecular complexity index is 775. The third-order valence-corrected chi connectivity index (χ3v) is 4.62. The van der Waals surface area contributed by atoms with Crippen molar-refractivity contribution in [2.45, 2.75) is 32.6 Å². The SMILES string of the molecule is CCC[C@@H](C)c1ccc(OCC(=O)N/N=C\c2cc(Br)ccc2OC)cc1. The van der Waals surface area contributed by atoms with Crippen LogP contribution in [0.4, 0.5) is 0 Å². The molecule has 0 heterocycles. The van der Waals surface area contributed by atoms with Crippen LogP contribution in [0.5, 0.6) is 11.5 Å². The summed E-state index contributed by atoms with van der Waals surface area (Å²) in [5.74, 6) is 1.53. The molecule has 0 radical (unpaired) electrons. The monoisotopic (exact) mass is 432 g/mol. The van der Waals surface area contributed by atoms with Crippen molar-refractivity contribution in [1.29, 1.82) is 0 Å². The van der Waals surface area contributed by atoms with Crippen LogP contribution in [0.2, 0.25) is 0 Å². The normalized spacial score (nSPS) is 12.0. The molecule has 0 saturated carbocycles. The van der Waals surface area contributed by atoms with Crippen LogP contribution in [0, 0.1) is 0 Å². The minimum atomic E-state index is -0.330. The van der Waals surface area contributed by atoms with E-state index in [0.717, 1.165) is 22.9 Å². The first-order valence-electron chi connectivity index (χ1n) is 8.91. The van der Waals surface area contributed by atoms with Crippen LogP contribution in [0.15, 0.2) is 52.0 Å². The quantitative estimate of drug-likeness (QED) is 0.453. The molecule has 0 saturated heterocycles. The van der Waals surface area contributed by atoms with Crippen LogP contribution in [0.25, 0.3) is 0 Å². The fraction of sp³-hybridized carbons (Fsp3) is 0.333. The molecule has 27 heavy (non-hydrogen) atoms. The maximum atomic E-state index is 11.9. The number of carbonyl (C=O) groups is 1. The molecule has 0 aliphatic carbocycles. The van der Waals surface area contributed by atoms with Gasteiger partial charge in [0.05, 0.1) is 13.3 Å². The van der Waals surface area contributed by atoms with Gasteiger partial charge in [-0.2, -0.15) is 5.10 Å². The zero-order chi connectivity index (χ0) is 19.6. The summed E-state index contributed by atoms with van der Waals surface area (Å²) in [4.78, 5) is 11.9. The first-order chi connectivity index (χ1) is 13.0. The maximum Gasteiger partial charge on any atom is 0.277 e. The smallest absolute Gasteiger partial charge is 0.277 e. The van der Waals surface area contributed by atoms with Gasteiger partial charge in [-0.1, -0.05) is 48.3 Å². The van der Waals surface area contributed by atoms with Crippen molar-refractivity contribution in [3.05, 3.63) is 58.1 Å². The second-order valence-corrected chi connectivity index (χ2v) is 7.14. The van der Waals surface area contributed by atoms with E-state index in [9.17, 15) is 4.79 Å². The number of carbonyl (C=O) groups excluding carboxylic acids is 1. The molecule has 5 nitrogen and oxygen atoms in total. The lowest BCUT2D eigenvalue weighted by atomic mass is 9.97. The molecule has 0 aliphatic rings. The largest absolute Gasteiger partial charge is 0.496 e. The Labute approximate surface area is 168 Å². The summed E-state index contributed by atoms with van der Waals surface area (Å²) < 4.78 is 11.7. The minimum absolute atomic E-state index is 0.100. The number of hydrogen-bond acceptors (Lipinski definition) is 4. The van der Waals surface area contributed by atoms with Crippen molar-refractivity contribution >= 4 is 28.1 Å². The van der Waals surface area contributed by atoms with Crippen molar-refractivity contribution < 1.29 is 14.3 Å². The Hall–Kier alpha value is -2.34. The van der Waals surface area contributed by atoms with Crippen molar-refractivity contribution in [2.24, 2.45) is 5.10 Å². The molecule has 2 aromatic rings. The fourth-order valence-corrected chi connectivity index (χ4v) is 3.03. The molecular weight excluding hydrogens is 408 g/mol. The van der Waals surface area contributed by atoms with E-state index in [4.69, 9.17) is 9.47 Å². The Morgan fingerprint density at radius 2 is 2.00 bits per heavy atom. The number of hydrazone groups is 1. The lowest BCUT2D eigenvalue weighted by molar-refractivity contribution is -0.123. The lowest BCUT2D eigenvalue weighted by Crippen LogP contribution is -2.24. The first-order valence-corrected chi connectivity index (χ1v) is 9.71. The van der Waals surface area contributed by atoms with Crippen molar-refractivity contribution in [3.8, 4) is 11.5 Å². The molecule has 1 atom stereocenters. The molecule has 6 heteroatoms. The van der Waals surface area contributed by atoms with Crippen LogP contribution < -0.4 is 14.9 Å². The Balaban J connectivity index is 1.83. The molecule has 0 fully saturated rings. The number of methoxy groups -OCH3 is 1. The number of amides is 1. The van der Waals surface area contributed by atoms with Gasteiger partial charge in [0, 0.05) is 10.0 Å². The first kappa shape index (κ1) is 21.0. The number of nitrogens with one attached hydrogen (secondary N) is 1. The standard InChI is InChI=1S/C21H25BrN2O3/c1-4-5-15(2)16-6-9-19(10-7-16)27-14-21(25)24-23-13-17-12-18(22)8-11-20(17)26-3/h6-13,15H,4-5,14H2,1-3H3,(H,24,25)/b23-13-/t15-/m1/s1. The molecule has 1 amide bonds. The Kier molecular flexibility index (Phi) is 8.33. The van der Waals surface area contributed by atoms with Gasteiger partial charge in [-0.3, -0.25) is 4.79 Å². The molecular formula is C21H25BrN2O3. The number of rotatable bonds is 9. The molecule has 0 bridgehead atoms. The lowest BCUT2D eigenvalue weighted by Gasteiger charge is -2.11. The van der Waals surface area contributed by atoms with Gasteiger partial charge < -0.3 is 9.47 Å². The fourth-order valence-electron chi connectivity index (χ4n) is 2.65. The third kappa shape index (κ3) is 6.71. The summed E-state index contributed by atoms with van der Waals surface area (Å²) in [5, 5.41) is 3.96. The minimum Gasteiger partial charge on any atom is -0.496 e. The third-order valence-electron chi connectivity index (χ3n) is 4.13. The van der Waals surface area contributed by atoms with E-state index in [0.29, 0.717) is 17.4 Å². The van der Waals surface area contributed by atoms with E-state index in [1.165, 1.54) is 11.8 Å². The van der Waals surface area contributed by atoms with Crippen LogP contribution in [0.1, 0.15) is 43.7 Å². The average molecular weight is 433 g/mol. The highest BCUT2D eigenvalue weighted by molar-refractivity contribution is 9.10. The van der Waals surface area contributed by atoms with Gasteiger partial charge in [-0.25, -0.2) is 5.43 Å². The van der Waals surface area contributed by atoms with E-state index in [1.54, 1.807) is 7.11 Å². The van der Waals surface area contributed by atoms with Gasteiger partial charge in [0.15, 0.2) is 6.61 Å². The van der Waals surface area contributed by atoms with Crippen LogP contribution in [0.3, 0.4) is 0 Å². The zero-order valence-electron chi connectivity index (χ0n) is 15.9. The highest BCUT2D eigenvalue weighted by Gasteiger charge is 2.06. The number of hydrogen-bond donors (Lipinski definition) is 1. The predicted molar refractivity (Wildman–Crippen MR) is 112 cm³/mol. The number of ether oxygens (including phenoxy) is 2. The van der Waals surface area contributed by atoms with Gasteiger partial charge in [0.25, 0.3) is 5.91 Å². The average Bonchev–Trinajstić information content (AvgIpc) is 2.67. The topological polar surface area (TPSA) is 59.9 Å². The van der Waals surface area contributed by atoms with Crippen LogP contribution in [-0.4, -0.2) is 25.8 Å². The summed E-state index contributed by atoms with van der Waals surface area (Å²) in [6.07, 6.45) is 3.85. The van der Waals surface area contributed by atoms with Crippen LogP contribution >= 0.6 is 15.9 Å². The van der Waals surface area contributed by atoms with Crippen molar-refractivity contribution in [1.82, 2.24) is 5.43 Å². The number of benzene rings is 2. The molecule has 1 N–H and O–H groups in total. The maximum absolute atomic E-state index is 11.9. The van der Waals surface area contributed by atoms with Gasteiger partial charge >= 0.3 is 0 Å². The predicted octanol–water partition coefficient (Wildman–Crippen LogP) is 4.89. The molecule has 2 rings (SSSR count). The summed E-state index contributed by atoms with van der Waals surface area (Å²) >= 11 is 3.39. The highest BCUT2D eigenvalue weighted by Crippen LogP contribution is 2.23. The molecule has 0 aliphatic heterocycles. The second kappa shape index (κ2) is 10.7. The van der Waals surface area contributed by atoms with E-state index in [2.05, 4.69) is 40.3 Å². The van der Waals surface area contributed by atoms with E-state index in [-0.39, 0.29) is 12.5 Å². The van der Waals surface area contributed by atoms with E-state index >= 15 is 0 Å². The van der Waals surface area contributed by atoms with Crippen LogP contribution in [-0.2, 0) is 4.79 Å². The molecule has 2 aromatic carbocycles. The van der Waals surface area contributed by atoms with Crippen molar-refractivity contribution in [2.75, 3.05) is 13.7 Å². The zero-order valence-corrected chi connectivity index (χ0v) is 17.5. The summed E-state index contributed by atoms with van der Waals surface area (Å²) in [7, 11) is 1.58. The molecule has 0 aromatic heterocycles. The summed E-state index contributed by atoms with van der Waals surface area (Å²) in [6.45, 7) is 4.30. The van der Waals surface area contributed by atoms with E-state index < -0.39 is 0 Å². The van der Waals surface area contributed by atoms with Gasteiger partial charge in [-0.15, -0.1) is 0 Å². The van der Waals surface area contributed by atoms with Gasteiger partial charge in [-0.05, 0) is 48.2 Å². The van der Waals surface area contributed by atoms with Gasteiger partial charge in [0.1, 0.15) is 11.5 Å². The summed E-state index contributed by atoms with van der Waals surface area (Å²) in [5.41, 5.74) is 4.49. The van der Waals surface area contributed by atoms with Gasteiger partial charge in [0.2, 0.25) is 0 Å². The number of nitrogens with zero attached hydrogens (tertiary/aromatic N) is 1. The molecule has 144 valence electrons. The van der Waals surface area contributed by atoms with E-state index in [1.807, 2.05) is 42.5 Å². The molecule has 0 spiro atoms.